The van der Waals surface area contributed by atoms with Gasteiger partial charge in [0.1, 0.15) is 0 Å². The number of nitrogens with one attached hydrogen (secondary N) is 1. The molecular formula is C11H13F3N2OS. The molecule has 0 spiro atoms. The highest BCUT2D eigenvalue weighted by molar-refractivity contribution is 7.13. The van der Waals surface area contributed by atoms with Crippen molar-refractivity contribution in [2.45, 2.75) is 25.4 Å². The highest BCUT2D eigenvalue weighted by Crippen LogP contribution is 2.33. The number of Topliss-reactive ketones (excluding diaryl/α,β-unsaturated/α-hetero) is 1. The zero-order valence-electron chi connectivity index (χ0n) is 9.59. The van der Waals surface area contributed by atoms with Gasteiger partial charge in [0, 0.05) is 12.6 Å². The number of aromatic nitrogens is 1. The molecule has 1 N–H and O–H groups in total. The molecule has 1 aliphatic rings. The summed E-state index contributed by atoms with van der Waals surface area (Å²) in [6.45, 7) is 1.74. The maximum absolute atomic E-state index is 12.4. The number of carbonyl (C=O) groups is 1. The van der Waals surface area contributed by atoms with Gasteiger partial charge < -0.3 is 5.32 Å². The summed E-state index contributed by atoms with van der Waals surface area (Å²) in [5.74, 6) is 0.0464. The molecule has 2 heterocycles. The molecule has 1 aromatic heterocycles. The summed E-state index contributed by atoms with van der Waals surface area (Å²) in [4.78, 5) is 15.2. The van der Waals surface area contributed by atoms with Gasteiger partial charge in [-0.15, -0.1) is 11.3 Å². The molecule has 0 radical (unpaired) electrons. The van der Waals surface area contributed by atoms with Gasteiger partial charge in [-0.1, -0.05) is 0 Å². The highest BCUT2D eigenvalue weighted by Gasteiger charge is 2.35. The van der Waals surface area contributed by atoms with Crippen LogP contribution >= 0.6 is 11.3 Å². The van der Waals surface area contributed by atoms with Gasteiger partial charge in [0.25, 0.3) is 0 Å². The molecular weight excluding hydrogens is 265 g/mol. The first-order valence-corrected chi connectivity index (χ1v) is 6.55. The van der Waals surface area contributed by atoms with Crippen molar-refractivity contribution >= 4 is 17.1 Å². The minimum Gasteiger partial charge on any atom is -0.317 e. The molecule has 0 amide bonds. The lowest BCUT2D eigenvalue weighted by Gasteiger charge is -2.21. The van der Waals surface area contributed by atoms with Gasteiger partial charge in [-0.2, -0.15) is 13.2 Å². The van der Waals surface area contributed by atoms with Gasteiger partial charge in [-0.05, 0) is 31.8 Å². The Morgan fingerprint density at radius 1 is 1.44 bits per heavy atom. The molecule has 2 rings (SSSR count). The summed E-state index contributed by atoms with van der Waals surface area (Å²) in [7, 11) is 0. The Morgan fingerprint density at radius 2 is 2.11 bits per heavy atom. The third-order valence-corrected chi connectivity index (χ3v) is 4.04. The van der Waals surface area contributed by atoms with Crippen molar-refractivity contribution in [2.75, 3.05) is 13.1 Å². The van der Waals surface area contributed by atoms with Crippen LogP contribution in [0.2, 0.25) is 0 Å². The Balaban J connectivity index is 1.98. The number of piperidine rings is 1. The van der Waals surface area contributed by atoms with Crippen LogP contribution in [0.25, 0.3) is 0 Å². The Hall–Kier alpha value is -0.950. The second kappa shape index (κ2) is 5.36. The van der Waals surface area contributed by atoms with Crippen molar-refractivity contribution in [3.8, 4) is 0 Å². The second-order valence-electron chi connectivity index (χ2n) is 4.35. The maximum atomic E-state index is 12.4. The number of hydrogen-bond acceptors (Lipinski definition) is 4. The number of alkyl halides is 3. The van der Waals surface area contributed by atoms with Crippen LogP contribution in [0.3, 0.4) is 0 Å². The SMILES string of the molecule is O=C(CC1CCNCC1)c1cnc(C(F)(F)F)s1. The third kappa shape index (κ3) is 3.29. The van der Waals surface area contributed by atoms with E-state index in [1.807, 2.05) is 0 Å². The fourth-order valence-electron chi connectivity index (χ4n) is 1.98. The molecule has 1 aliphatic heterocycles. The summed E-state index contributed by atoms with van der Waals surface area (Å²) in [6.07, 6.45) is -1.30. The minimum atomic E-state index is -4.46. The lowest BCUT2D eigenvalue weighted by atomic mass is 9.92. The zero-order chi connectivity index (χ0) is 13.2. The van der Waals surface area contributed by atoms with Crippen LogP contribution < -0.4 is 5.32 Å². The average Bonchev–Trinajstić information content (AvgIpc) is 2.79. The van der Waals surface area contributed by atoms with Crippen LogP contribution in [0.15, 0.2) is 6.20 Å². The van der Waals surface area contributed by atoms with E-state index in [4.69, 9.17) is 0 Å². The third-order valence-electron chi connectivity index (χ3n) is 2.96. The van der Waals surface area contributed by atoms with Gasteiger partial charge in [0.15, 0.2) is 10.8 Å². The molecule has 0 bridgehead atoms. The van der Waals surface area contributed by atoms with Crippen LogP contribution in [-0.2, 0) is 6.18 Å². The van der Waals surface area contributed by atoms with Crippen molar-refractivity contribution < 1.29 is 18.0 Å². The molecule has 1 saturated heterocycles. The number of hydrogen-bond donors (Lipinski definition) is 1. The van der Waals surface area contributed by atoms with E-state index < -0.39 is 11.2 Å². The van der Waals surface area contributed by atoms with Gasteiger partial charge >= 0.3 is 6.18 Å². The normalized spacial score (nSPS) is 17.9. The van der Waals surface area contributed by atoms with E-state index in [2.05, 4.69) is 10.3 Å². The first-order valence-electron chi connectivity index (χ1n) is 5.74. The van der Waals surface area contributed by atoms with Crippen LogP contribution in [0.5, 0.6) is 0 Å². The van der Waals surface area contributed by atoms with Crippen molar-refractivity contribution in [2.24, 2.45) is 5.92 Å². The van der Waals surface area contributed by atoms with Gasteiger partial charge in [0.2, 0.25) is 0 Å². The molecule has 0 aliphatic carbocycles. The monoisotopic (exact) mass is 278 g/mol. The van der Waals surface area contributed by atoms with Crippen LogP contribution in [0.4, 0.5) is 13.2 Å². The molecule has 100 valence electrons. The van der Waals surface area contributed by atoms with Gasteiger partial charge in [-0.25, -0.2) is 4.98 Å². The number of rotatable bonds is 3. The second-order valence-corrected chi connectivity index (χ2v) is 5.38. The quantitative estimate of drug-likeness (QED) is 0.864. The summed E-state index contributed by atoms with van der Waals surface area (Å²) < 4.78 is 37.1. The first kappa shape index (κ1) is 13.5. The number of halogens is 3. The van der Waals surface area contributed by atoms with E-state index in [9.17, 15) is 18.0 Å². The van der Waals surface area contributed by atoms with Crippen molar-refractivity contribution in [3.05, 3.63) is 16.1 Å². The molecule has 1 aromatic rings. The Kier molecular flexibility index (Phi) is 4.01. The predicted molar refractivity (Wildman–Crippen MR) is 61.7 cm³/mol. The maximum Gasteiger partial charge on any atom is 0.443 e. The van der Waals surface area contributed by atoms with Gasteiger partial charge in [0.05, 0.1) is 4.88 Å². The lowest BCUT2D eigenvalue weighted by molar-refractivity contribution is -0.137. The number of ketones is 1. The standard InChI is InChI=1S/C11H13F3N2OS/c12-11(13,14)10-16-6-9(18-10)8(17)5-7-1-3-15-4-2-7/h6-7,15H,1-5H2. The molecule has 0 aromatic carbocycles. The molecule has 7 heteroatoms. The van der Waals surface area contributed by atoms with E-state index in [1.165, 1.54) is 0 Å². The number of nitrogens with zero attached hydrogens (tertiary/aromatic N) is 1. The summed E-state index contributed by atoms with van der Waals surface area (Å²) >= 11 is 0.435. The smallest absolute Gasteiger partial charge is 0.317 e. The minimum absolute atomic E-state index is 0.112. The Bertz CT molecular complexity index is 424. The van der Waals surface area contributed by atoms with Crippen molar-refractivity contribution in [1.82, 2.24) is 10.3 Å². The summed E-state index contributed by atoms with van der Waals surface area (Å²) in [6, 6.07) is 0. The molecule has 0 unspecified atom stereocenters. The van der Waals surface area contributed by atoms with E-state index in [0.29, 0.717) is 17.8 Å². The highest BCUT2D eigenvalue weighted by atomic mass is 32.1. The van der Waals surface area contributed by atoms with E-state index in [-0.39, 0.29) is 16.6 Å². The van der Waals surface area contributed by atoms with Crippen molar-refractivity contribution in [1.29, 1.82) is 0 Å². The van der Waals surface area contributed by atoms with E-state index in [0.717, 1.165) is 32.1 Å². The molecule has 1 fully saturated rings. The molecule has 3 nitrogen and oxygen atoms in total. The summed E-state index contributed by atoms with van der Waals surface area (Å²) in [5.41, 5.74) is 0. The lowest BCUT2D eigenvalue weighted by Crippen LogP contribution is -2.28. The van der Waals surface area contributed by atoms with Crippen molar-refractivity contribution in [3.63, 3.8) is 0 Å². The topological polar surface area (TPSA) is 42.0 Å². The molecule has 0 atom stereocenters. The fraction of sp³-hybridized carbons (Fsp3) is 0.636. The largest absolute Gasteiger partial charge is 0.443 e. The van der Waals surface area contributed by atoms with E-state index in [1.54, 1.807) is 0 Å². The average molecular weight is 278 g/mol. The Morgan fingerprint density at radius 3 is 2.67 bits per heavy atom. The zero-order valence-corrected chi connectivity index (χ0v) is 10.4. The fourth-order valence-corrected chi connectivity index (χ4v) is 2.71. The first-order chi connectivity index (χ1) is 8.47. The number of carbonyl (C=O) groups excluding carboxylic acids is 1. The predicted octanol–water partition coefficient (Wildman–Crippen LogP) is 2.73. The molecule has 0 saturated carbocycles. The summed E-state index contributed by atoms with van der Waals surface area (Å²) in [5, 5.41) is 2.23. The van der Waals surface area contributed by atoms with Crippen LogP contribution in [0, 0.1) is 5.92 Å². The Labute approximate surface area is 106 Å². The van der Waals surface area contributed by atoms with E-state index >= 15 is 0 Å². The molecule has 18 heavy (non-hydrogen) atoms. The van der Waals surface area contributed by atoms with Crippen LogP contribution in [0.1, 0.15) is 33.9 Å². The van der Waals surface area contributed by atoms with Gasteiger partial charge in [-0.3, -0.25) is 4.79 Å². The number of thiazole rings is 1. The van der Waals surface area contributed by atoms with Crippen LogP contribution in [-0.4, -0.2) is 23.9 Å².